The second-order valence-electron chi connectivity index (χ2n) is 5.39. The van der Waals surface area contributed by atoms with E-state index < -0.39 is 0 Å². The maximum Gasteiger partial charge on any atom is 0.0408 e. The molecule has 0 saturated carbocycles. The van der Waals surface area contributed by atoms with E-state index in [1.165, 1.54) is 42.4 Å². The van der Waals surface area contributed by atoms with Crippen molar-refractivity contribution in [2.45, 2.75) is 52.0 Å². The minimum Gasteiger partial charge on any atom is -0.308 e. The van der Waals surface area contributed by atoms with Gasteiger partial charge in [0.05, 0.1) is 0 Å². The maximum atomic E-state index is 3.73. The Morgan fingerprint density at radius 1 is 1.12 bits per heavy atom. The third kappa shape index (κ3) is 2.30. The molecule has 0 spiro atoms. The first-order chi connectivity index (χ1) is 7.62. The lowest BCUT2D eigenvalue weighted by Gasteiger charge is -2.31. The molecule has 0 radical (unpaired) electrons. The van der Waals surface area contributed by atoms with E-state index in [-0.39, 0.29) is 5.54 Å². The van der Waals surface area contributed by atoms with Gasteiger partial charge < -0.3 is 5.32 Å². The van der Waals surface area contributed by atoms with Crippen LogP contribution in [0.5, 0.6) is 0 Å². The van der Waals surface area contributed by atoms with Crippen molar-refractivity contribution in [3.63, 3.8) is 0 Å². The topological polar surface area (TPSA) is 12.0 Å². The maximum absolute atomic E-state index is 3.73. The predicted molar refractivity (Wildman–Crippen MR) is 69.7 cm³/mol. The Balaban J connectivity index is 2.33. The molecule has 0 aliphatic carbocycles. The molecule has 1 heteroatoms. The Bertz CT molecular complexity index is 360. The lowest BCUT2D eigenvalue weighted by atomic mass is 9.84. The molecular weight excluding hydrogens is 194 g/mol. The Hall–Kier alpha value is -0.820. The lowest BCUT2D eigenvalue weighted by Crippen LogP contribution is -2.39. The molecule has 1 N–H and O–H groups in total. The van der Waals surface area contributed by atoms with Crippen LogP contribution in [0.25, 0.3) is 0 Å². The number of benzene rings is 1. The van der Waals surface area contributed by atoms with E-state index in [9.17, 15) is 0 Å². The fraction of sp³-hybridized carbons (Fsp3) is 0.600. The molecule has 1 aromatic carbocycles. The highest BCUT2D eigenvalue weighted by Crippen LogP contribution is 2.31. The molecule has 2 rings (SSSR count). The zero-order valence-corrected chi connectivity index (χ0v) is 10.8. The van der Waals surface area contributed by atoms with Crippen molar-refractivity contribution in [3.8, 4) is 0 Å². The molecule has 1 aromatic rings. The first kappa shape index (κ1) is 11.7. The van der Waals surface area contributed by atoms with E-state index in [1.54, 1.807) is 0 Å². The number of aryl methyl sites for hydroxylation is 2. The van der Waals surface area contributed by atoms with Crippen LogP contribution in [0.15, 0.2) is 18.2 Å². The van der Waals surface area contributed by atoms with E-state index in [1.807, 2.05) is 0 Å². The fourth-order valence-corrected chi connectivity index (χ4v) is 2.90. The standard InChI is InChI=1S/C15H23N/c1-12-7-8-14(13(2)11-12)15(3)9-5-4-6-10-16-15/h7-8,11,16H,4-6,9-10H2,1-3H3. The summed E-state index contributed by atoms with van der Waals surface area (Å²) in [7, 11) is 0. The molecule has 88 valence electrons. The summed E-state index contributed by atoms with van der Waals surface area (Å²) in [4.78, 5) is 0. The molecule has 1 unspecified atom stereocenters. The monoisotopic (exact) mass is 217 g/mol. The summed E-state index contributed by atoms with van der Waals surface area (Å²) < 4.78 is 0. The molecule has 0 aromatic heterocycles. The summed E-state index contributed by atoms with van der Waals surface area (Å²) in [5.74, 6) is 0. The predicted octanol–water partition coefficient (Wildman–Crippen LogP) is 3.68. The smallest absolute Gasteiger partial charge is 0.0408 e. The quantitative estimate of drug-likeness (QED) is 0.756. The number of hydrogen-bond donors (Lipinski definition) is 1. The fourth-order valence-electron chi connectivity index (χ4n) is 2.90. The van der Waals surface area contributed by atoms with Crippen LogP contribution in [-0.2, 0) is 5.54 Å². The van der Waals surface area contributed by atoms with Gasteiger partial charge in [-0.25, -0.2) is 0 Å². The Kier molecular flexibility index (Phi) is 3.34. The minimum absolute atomic E-state index is 0.189. The van der Waals surface area contributed by atoms with Gasteiger partial charge in [-0.15, -0.1) is 0 Å². The number of rotatable bonds is 1. The lowest BCUT2D eigenvalue weighted by molar-refractivity contribution is 0.358. The van der Waals surface area contributed by atoms with Crippen LogP contribution in [0.4, 0.5) is 0 Å². The van der Waals surface area contributed by atoms with E-state index in [0.29, 0.717) is 0 Å². The Morgan fingerprint density at radius 2 is 1.94 bits per heavy atom. The Labute approximate surface area is 99.3 Å². The molecule has 1 fully saturated rings. The van der Waals surface area contributed by atoms with Crippen molar-refractivity contribution in [2.75, 3.05) is 6.54 Å². The second-order valence-corrected chi connectivity index (χ2v) is 5.39. The van der Waals surface area contributed by atoms with E-state index in [0.717, 1.165) is 6.54 Å². The minimum atomic E-state index is 0.189. The summed E-state index contributed by atoms with van der Waals surface area (Å²) in [6, 6.07) is 6.84. The zero-order valence-electron chi connectivity index (χ0n) is 10.8. The van der Waals surface area contributed by atoms with Crippen LogP contribution in [0.2, 0.25) is 0 Å². The summed E-state index contributed by atoms with van der Waals surface area (Å²) in [5, 5.41) is 3.73. The van der Waals surface area contributed by atoms with Crippen LogP contribution in [0.3, 0.4) is 0 Å². The molecule has 1 saturated heterocycles. The molecule has 1 heterocycles. The van der Waals surface area contributed by atoms with Gasteiger partial charge in [-0.05, 0) is 51.3 Å². The van der Waals surface area contributed by atoms with Crippen LogP contribution < -0.4 is 5.32 Å². The van der Waals surface area contributed by atoms with Gasteiger partial charge >= 0.3 is 0 Å². The second kappa shape index (κ2) is 4.58. The number of nitrogens with one attached hydrogen (secondary N) is 1. The van der Waals surface area contributed by atoms with Crippen LogP contribution >= 0.6 is 0 Å². The van der Waals surface area contributed by atoms with Crippen molar-refractivity contribution in [1.29, 1.82) is 0 Å². The van der Waals surface area contributed by atoms with Gasteiger partial charge in [0.1, 0.15) is 0 Å². The van der Waals surface area contributed by atoms with Crippen LogP contribution in [0, 0.1) is 13.8 Å². The number of hydrogen-bond acceptors (Lipinski definition) is 1. The summed E-state index contributed by atoms with van der Waals surface area (Å²) in [6.07, 6.45) is 5.29. The van der Waals surface area contributed by atoms with Crippen molar-refractivity contribution >= 4 is 0 Å². The van der Waals surface area contributed by atoms with E-state index in [2.05, 4.69) is 44.3 Å². The largest absolute Gasteiger partial charge is 0.308 e. The van der Waals surface area contributed by atoms with Gasteiger partial charge in [0, 0.05) is 5.54 Å². The third-order valence-electron chi connectivity index (χ3n) is 3.85. The summed E-state index contributed by atoms with van der Waals surface area (Å²) >= 11 is 0. The Morgan fingerprint density at radius 3 is 2.69 bits per heavy atom. The molecule has 16 heavy (non-hydrogen) atoms. The van der Waals surface area contributed by atoms with Crippen molar-refractivity contribution in [3.05, 3.63) is 34.9 Å². The molecule has 1 nitrogen and oxygen atoms in total. The molecular formula is C15H23N. The van der Waals surface area contributed by atoms with Gasteiger partial charge in [-0.1, -0.05) is 36.6 Å². The zero-order chi connectivity index (χ0) is 11.6. The summed E-state index contributed by atoms with van der Waals surface area (Å²) in [6.45, 7) is 7.92. The van der Waals surface area contributed by atoms with Crippen LogP contribution in [0.1, 0.15) is 49.3 Å². The van der Waals surface area contributed by atoms with Gasteiger partial charge in [0.15, 0.2) is 0 Å². The molecule has 1 aliphatic heterocycles. The van der Waals surface area contributed by atoms with Gasteiger partial charge in [0.2, 0.25) is 0 Å². The molecule has 1 aliphatic rings. The highest BCUT2D eigenvalue weighted by Gasteiger charge is 2.28. The van der Waals surface area contributed by atoms with Gasteiger partial charge in [-0.3, -0.25) is 0 Å². The first-order valence-electron chi connectivity index (χ1n) is 6.45. The van der Waals surface area contributed by atoms with Gasteiger partial charge in [-0.2, -0.15) is 0 Å². The average Bonchev–Trinajstić information content (AvgIpc) is 2.43. The third-order valence-corrected chi connectivity index (χ3v) is 3.85. The van der Waals surface area contributed by atoms with Crippen molar-refractivity contribution in [1.82, 2.24) is 5.32 Å². The van der Waals surface area contributed by atoms with Crippen molar-refractivity contribution < 1.29 is 0 Å². The average molecular weight is 217 g/mol. The van der Waals surface area contributed by atoms with Gasteiger partial charge in [0.25, 0.3) is 0 Å². The highest BCUT2D eigenvalue weighted by molar-refractivity contribution is 5.35. The molecule has 0 amide bonds. The van der Waals surface area contributed by atoms with Crippen molar-refractivity contribution in [2.24, 2.45) is 0 Å². The summed E-state index contributed by atoms with van der Waals surface area (Å²) in [5.41, 5.74) is 4.46. The molecule has 0 bridgehead atoms. The SMILES string of the molecule is Cc1ccc(C2(C)CCCCCN2)c(C)c1. The van der Waals surface area contributed by atoms with Crippen LogP contribution in [-0.4, -0.2) is 6.54 Å². The first-order valence-corrected chi connectivity index (χ1v) is 6.45. The van der Waals surface area contributed by atoms with E-state index >= 15 is 0 Å². The highest BCUT2D eigenvalue weighted by atomic mass is 15.0. The molecule has 1 atom stereocenters. The normalized spacial score (nSPS) is 26.4. The van der Waals surface area contributed by atoms with E-state index in [4.69, 9.17) is 0 Å².